The molecule has 0 aromatic carbocycles. The van der Waals surface area contributed by atoms with Crippen molar-refractivity contribution in [2.45, 2.75) is 20.3 Å². The highest BCUT2D eigenvalue weighted by atomic mass is 35.5. The van der Waals surface area contributed by atoms with Crippen LogP contribution < -0.4 is 5.32 Å². The number of anilines is 1. The Hall–Kier alpha value is -1.03. The van der Waals surface area contributed by atoms with E-state index in [0.717, 1.165) is 0 Å². The van der Waals surface area contributed by atoms with E-state index < -0.39 is 0 Å². The van der Waals surface area contributed by atoms with Crippen molar-refractivity contribution in [2.24, 2.45) is 0 Å². The van der Waals surface area contributed by atoms with Crippen LogP contribution in [0.4, 0.5) is 5.88 Å². The van der Waals surface area contributed by atoms with Crippen molar-refractivity contribution in [3.63, 3.8) is 0 Å². The van der Waals surface area contributed by atoms with Crippen LogP contribution in [0.15, 0.2) is 4.52 Å². The van der Waals surface area contributed by atoms with Gasteiger partial charge in [-0.2, -0.15) is 0 Å². The molecule has 1 N–H and O–H groups in total. The van der Waals surface area contributed by atoms with Crippen molar-refractivity contribution in [1.29, 1.82) is 0 Å². The van der Waals surface area contributed by atoms with Crippen LogP contribution in [-0.4, -0.2) is 11.1 Å². The minimum Gasteiger partial charge on any atom is -0.336 e. The van der Waals surface area contributed by atoms with Gasteiger partial charge in [-0.25, -0.2) is 0 Å². The van der Waals surface area contributed by atoms with Crippen molar-refractivity contribution >= 4 is 23.4 Å². The van der Waals surface area contributed by atoms with Gasteiger partial charge in [0.15, 0.2) is 0 Å². The first-order chi connectivity index (χ1) is 5.65. The van der Waals surface area contributed by atoms with Crippen LogP contribution in [0.25, 0.3) is 0 Å². The molecule has 0 radical (unpaired) electrons. The summed E-state index contributed by atoms with van der Waals surface area (Å²) in [5.74, 6) is -0.00304. The highest BCUT2D eigenvalue weighted by Crippen LogP contribution is 2.25. The molecule has 0 unspecified atom stereocenters. The minimum atomic E-state index is -0.226. The molecule has 0 aliphatic rings. The van der Waals surface area contributed by atoms with Crippen molar-refractivity contribution in [1.82, 2.24) is 5.16 Å². The van der Waals surface area contributed by atoms with Crippen LogP contribution in [0.2, 0.25) is 5.02 Å². The third kappa shape index (κ3) is 1.76. The van der Waals surface area contributed by atoms with Gasteiger partial charge in [0.1, 0.15) is 10.7 Å². The second kappa shape index (κ2) is 3.58. The molecule has 0 aliphatic carbocycles. The first-order valence-corrected chi connectivity index (χ1v) is 3.94. The standard InChI is InChI=1S/C7H9ClN2O2/c1-3-5-6(8)7(12-10-5)9-4(2)11/h3H2,1-2H3,(H,9,11). The molecule has 0 aliphatic heterocycles. The number of rotatable bonds is 2. The van der Waals surface area contributed by atoms with E-state index in [1.165, 1.54) is 6.92 Å². The second-order valence-electron chi connectivity index (χ2n) is 2.31. The lowest BCUT2D eigenvalue weighted by Gasteiger charge is -1.93. The fraction of sp³-hybridized carbons (Fsp3) is 0.429. The SMILES string of the molecule is CCc1noc(NC(C)=O)c1Cl. The molecule has 5 heteroatoms. The van der Waals surface area contributed by atoms with Crippen molar-refractivity contribution in [3.8, 4) is 0 Å². The zero-order valence-electron chi connectivity index (χ0n) is 6.85. The average Bonchev–Trinajstić information content (AvgIpc) is 2.32. The summed E-state index contributed by atoms with van der Waals surface area (Å²) < 4.78 is 4.78. The van der Waals surface area contributed by atoms with E-state index in [1.54, 1.807) is 0 Å². The Morgan fingerprint density at radius 2 is 2.42 bits per heavy atom. The topological polar surface area (TPSA) is 55.1 Å². The van der Waals surface area contributed by atoms with Crippen LogP contribution in [0.3, 0.4) is 0 Å². The van der Waals surface area contributed by atoms with E-state index in [4.69, 9.17) is 16.1 Å². The Kier molecular flexibility index (Phi) is 2.70. The van der Waals surface area contributed by atoms with Crippen LogP contribution in [0.5, 0.6) is 0 Å². The number of aryl methyl sites for hydroxylation is 1. The summed E-state index contributed by atoms with van der Waals surface area (Å²) in [6.45, 7) is 3.28. The summed E-state index contributed by atoms with van der Waals surface area (Å²) in [5, 5.41) is 6.48. The van der Waals surface area contributed by atoms with Crippen LogP contribution in [0, 0.1) is 0 Å². The quantitative estimate of drug-likeness (QED) is 0.771. The molecule has 66 valence electrons. The molecule has 12 heavy (non-hydrogen) atoms. The van der Waals surface area contributed by atoms with E-state index in [9.17, 15) is 4.79 Å². The van der Waals surface area contributed by atoms with E-state index in [-0.39, 0.29) is 11.8 Å². The van der Waals surface area contributed by atoms with Gasteiger partial charge in [0.25, 0.3) is 0 Å². The van der Waals surface area contributed by atoms with Gasteiger partial charge in [-0.05, 0) is 6.42 Å². The number of hydrogen-bond acceptors (Lipinski definition) is 3. The van der Waals surface area contributed by atoms with E-state index in [1.807, 2.05) is 6.92 Å². The van der Waals surface area contributed by atoms with Gasteiger partial charge in [0.2, 0.25) is 11.8 Å². The van der Waals surface area contributed by atoms with E-state index in [0.29, 0.717) is 17.1 Å². The van der Waals surface area contributed by atoms with Gasteiger partial charge >= 0.3 is 0 Å². The number of hydrogen-bond donors (Lipinski definition) is 1. The smallest absolute Gasteiger partial charge is 0.250 e. The highest BCUT2D eigenvalue weighted by Gasteiger charge is 2.12. The number of nitrogens with one attached hydrogen (secondary N) is 1. The molecule has 0 atom stereocenters. The molecule has 1 amide bonds. The summed E-state index contributed by atoms with van der Waals surface area (Å²) in [7, 11) is 0. The molecule has 0 fully saturated rings. The number of amides is 1. The maximum absolute atomic E-state index is 10.6. The van der Waals surface area contributed by atoms with Gasteiger partial charge in [0, 0.05) is 6.92 Å². The lowest BCUT2D eigenvalue weighted by Crippen LogP contribution is -2.04. The largest absolute Gasteiger partial charge is 0.336 e. The lowest BCUT2D eigenvalue weighted by atomic mass is 10.3. The summed E-state index contributed by atoms with van der Waals surface area (Å²) in [6, 6.07) is 0. The lowest BCUT2D eigenvalue weighted by molar-refractivity contribution is -0.114. The molecule has 1 heterocycles. The van der Waals surface area contributed by atoms with Gasteiger partial charge in [-0.1, -0.05) is 23.7 Å². The number of nitrogens with zero attached hydrogens (tertiary/aromatic N) is 1. The first-order valence-electron chi connectivity index (χ1n) is 3.56. The van der Waals surface area contributed by atoms with Gasteiger partial charge in [0.05, 0.1) is 0 Å². The fourth-order valence-corrected chi connectivity index (χ4v) is 1.02. The Morgan fingerprint density at radius 1 is 1.75 bits per heavy atom. The molecular formula is C7H9ClN2O2. The van der Waals surface area contributed by atoms with Crippen molar-refractivity contribution in [2.75, 3.05) is 5.32 Å². The third-order valence-electron chi connectivity index (χ3n) is 1.32. The van der Waals surface area contributed by atoms with Gasteiger partial charge in [-0.15, -0.1) is 0 Å². The molecule has 0 saturated carbocycles. The summed E-state index contributed by atoms with van der Waals surface area (Å²) >= 11 is 5.80. The van der Waals surface area contributed by atoms with Gasteiger partial charge < -0.3 is 4.52 Å². The maximum atomic E-state index is 10.6. The molecule has 1 aromatic heterocycles. The Balaban J connectivity index is 2.87. The molecule has 1 rings (SSSR count). The second-order valence-corrected chi connectivity index (χ2v) is 2.69. The number of carbonyl (C=O) groups excluding carboxylic acids is 1. The monoisotopic (exact) mass is 188 g/mol. The number of aromatic nitrogens is 1. The highest BCUT2D eigenvalue weighted by molar-refractivity contribution is 6.33. The minimum absolute atomic E-state index is 0.223. The van der Waals surface area contributed by atoms with E-state index >= 15 is 0 Å². The average molecular weight is 189 g/mol. The summed E-state index contributed by atoms with van der Waals surface area (Å²) in [5.41, 5.74) is 0.653. The summed E-state index contributed by atoms with van der Waals surface area (Å²) in [4.78, 5) is 10.6. The van der Waals surface area contributed by atoms with Crippen LogP contribution >= 0.6 is 11.6 Å². The summed E-state index contributed by atoms with van der Waals surface area (Å²) in [6.07, 6.45) is 0.682. The predicted octanol–water partition coefficient (Wildman–Crippen LogP) is 1.85. The molecular weight excluding hydrogens is 180 g/mol. The normalized spacial score (nSPS) is 9.92. The first kappa shape index (κ1) is 9.06. The fourth-order valence-electron chi connectivity index (χ4n) is 0.769. The third-order valence-corrected chi connectivity index (χ3v) is 1.71. The van der Waals surface area contributed by atoms with Crippen LogP contribution in [0.1, 0.15) is 19.5 Å². The Morgan fingerprint density at radius 3 is 2.83 bits per heavy atom. The Labute approximate surface area is 74.9 Å². The predicted molar refractivity (Wildman–Crippen MR) is 45.2 cm³/mol. The molecule has 0 saturated heterocycles. The van der Waals surface area contributed by atoms with Gasteiger partial charge in [-0.3, -0.25) is 10.1 Å². The Bertz CT molecular complexity index is 296. The van der Waals surface area contributed by atoms with Crippen molar-refractivity contribution in [3.05, 3.63) is 10.7 Å². The zero-order chi connectivity index (χ0) is 9.14. The number of carbonyl (C=O) groups is 1. The van der Waals surface area contributed by atoms with Crippen LogP contribution in [-0.2, 0) is 11.2 Å². The molecule has 1 aromatic rings. The zero-order valence-corrected chi connectivity index (χ0v) is 7.60. The number of halogens is 1. The molecule has 0 bridgehead atoms. The van der Waals surface area contributed by atoms with E-state index in [2.05, 4.69) is 10.5 Å². The molecule has 0 spiro atoms. The van der Waals surface area contributed by atoms with Crippen molar-refractivity contribution < 1.29 is 9.32 Å². The maximum Gasteiger partial charge on any atom is 0.250 e. The molecule has 4 nitrogen and oxygen atoms in total.